The van der Waals surface area contributed by atoms with Crippen LogP contribution in [0, 0.1) is 10.1 Å². The van der Waals surface area contributed by atoms with E-state index in [4.69, 9.17) is 23.2 Å². The van der Waals surface area contributed by atoms with E-state index in [2.05, 4.69) is 4.98 Å². The summed E-state index contributed by atoms with van der Waals surface area (Å²) in [6, 6.07) is 0.596. The average Bonchev–Trinajstić information content (AvgIpc) is 2.08. The molecule has 0 aromatic carbocycles. The van der Waals surface area contributed by atoms with E-state index in [0.717, 1.165) is 0 Å². The van der Waals surface area contributed by atoms with Crippen LogP contribution >= 0.6 is 23.2 Å². The minimum absolute atomic E-state index is 0.465. The maximum absolute atomic E-state index is 12.3. The van der Waals surface area contributed by atoms with Crippen molar-refractivity contribution < 1.29 is 13.7 Å². The van der Waals surface area contributed by atoms with Crippen molar-refractivity contribution in [3.8, 4) is 0 Å². The van der Waals surface area contributed by atoms with Crippen molar-refractivity contribution in [3.05, 3.63) is 31.9 Å². The number of rotatable bonds is 2. The summed E-state index contributed by atoms with van der Waals surface area (Å²) >= 11 is 10.7. The van der Waals surface area contributed by atoms with Crippen molar-refractivity contribution in [2.75, 3.05) is 0 Å². The number of halogens is 4. The average molecular weight is 243 g/mol. The molecular formula is C6H2Cl2F2N2O2. The van der Waals surface area contributed by atoms with Crippen molar-refractivity contribution >= 4 is 29.0 Å². The molecule has 0 radical (unpaired) electrons. The monoisotopic (exact) mass is 242 g/mol. The fraction of sp³-hybridized carbons (Fsp3) is 0.167. The molecule has 1 aromatic rings. The standard InChI is InChI=1S/C6H2Cl2F2N2O2/c7-4-2(6(9)10)1-3(12(13)14)11-5(4)8/h1,6H. The fourth-order valence-electron chi connectivity index (χ4n) is 0.756. The second kappa shape index (κ2) is 4.02. The first kappa shape index (κ1) is 11.1. The third-order valence-corrected chi connectivity index (χ3v) is 2.12. The van der Waals surface area contributed by atoms with Crippen molar-refractivity contribution in [2.24, 2.45) is 0 Å². The molecular weight excluding hydrogens is 241 g/mol. The Balaban J connectivity index is 3.35. The van der Waals surface area contributed by atoms with Crippen molar-refractivity contribution in [2.45, 2.75) is 6.43 Å². The molecule has 0 unspecified atom stereocenters. The van der Waals surface area contributed by atoms with Crippen LogP contribution in [0.15, 0.2) is 6.07 Å². The highest BCUT2D eigenvalue weighted by molar-refractivity contribution is 6.41. The number of nitrogens with zero attached hydrogens (tertiary/aromatic N) is 2. The Morgan fingerprint density at radius 2 is 2.07 bits per heavy atom. The van der Waals surface area contributed by atoms with Gasteiger partial charge in [-0.15, -0.1) is 0 Å². The van der Waals surface area contributed by atoms with Crippen molar-refractivity contribution in [3.63, 3.8) is 0 Å². The van der Waals surface area contributed by atoms with Gasteiger partial charge in [-0.25, -0.2) is 8.78 Å². The molecule has 0 spiro atoms. The molecule has 0 saturated carbocycles. The largest absolute Gasteiger partial charge is 0.365 e. The van der Waals surface area contributed by atoms with Gasteiger partial charge in [0.1, 0.15) is 5.02 Å². The number of hydrogen-bond donors (Lipinski definition) is 0. The van der Waals surface area contributed by atoms with E-state index in [-0.39, 0.29) is 0 Å². The van der Waals surface area contributed by atoms with Crippen LogP contribution in [0.4, 0.5) is 14.6 Å². The smallest absolute Gasteiger partial charge is 0.358 e. The van der Waals surface area contributed by atoms with Crippen LogP contribution in [0.2, 0.25) is 10.2 Å². The highest BCUT2D eigenvalue weighted by Crippen LogP contribution is 2.33. The zero-order valence-corrected chi connectivity index (χ0v) is 7.89. The van der Waals surface area contributed by atoms with Crippen LogP contribution in [0.3, 0.4) is 0 Å². The molecule has 0 bridgehead atoms. The first-order valence-corrected chi connectivity index (χ1v) is 3.97. The van der Waals surface area contributed by atoms with Gasteiger partial charge in [-0.3, -0.25) is 0 Å². The molecule has 76 valence electrons. The van der Waals surface area contributed by atoms with Crippen LogP contribution in [0.1, 0.15) is 12.0 Å². The predicted molar refractivity (Wildman–Crippen MR) is 45.9 cm³/mol. The Kier molecular flexibility index (Phi) is 3.17. The van der Waals surface area contributed by atoms with E-state index in [1.807, 2.05) is 0 Å². The summed E-state index contributed by atoms with van der Waals surface area (Å²) in [5, 5.41) is 9.27. The summed E-state index contributed by atoms with van der Waals surface area (Å²) in [7, 11) is 0. The van der Waals surface area contributed by atoms with Crippen LogP contribution < -0.4 is 0 Å². The lowest BCUT2D eigenvalue weighted by Crippen LogP contribution is -1.96. The molecule has 0 aliphatic carbocycles. The first-order valence-electron chi connectivity index (χ1n) is 3.22. The zero-order chi connectivity index (χ0) is 10.9. The topological polar surface area (TPSA) is 56.0 Å². The summed E-state index contributed by atoms with van der Waals surface area (Å²) < 4.78 is 24.5. The Morgan fingerprint density at radius 3 is 2.50 bits per heavy atom. The van der Waals surface area contributed by atoms with E-state index in [9.17, 15) is 18.9 Å². The van der Waals surface area contributed by atoms with E-state index < -0.39 is 32.9 Å². The fourth-order valence-corrected chi connectivity index (χ4v) is 1.13. The lowest BCUT2D eigenvalue weighted by atomic mass is 10.3. The molecule has 0 amide bonds. The number of pyridine rings is 1. The van der Waals surface area contributed by atoms with E-state index >= 15 is 0 Å². The van der Waals surface area contributed by atoms with Crippen LogP contribution in [0.25, 0.3) is 0 Å². The third kappa shape index (κ3) is 2.08. The number of aromatic nitrogens is 1. The molecule has 1 heterocycles. The summed E-state index contributed by atoms with van der Waals surface area (Å²) in [5.41, 5.74) is -0.696. The molecule has 0 N–H and O–H groups in total. The van der Waals surface area contributed by atoms with E-state index in [1.54, 1.807) is 0 Å². The molecule has 1 rings (SSSR count). The highest BCUT2D eigenvalue weighted by Gasteiger charge is 2.23. The van der Waals surface area contributed by atoms with Crippen molar-refractivity contribution in [1.82, 2.24) is 4.98 Å². The van der Waals surface area contributed by atoms with Gasteiger partial charge in [0.2, 0.25) is 0 Å². The maximum atomic E-state index is 12.3. The summed E-state index contributed by atoms with van der Waals surface area (Å²) in [5.74, 6) is -0.755. The van der Waals surface area contributed by atoms with E-state index in [0.29, 0.717) is 6.07 Å². The zero-order valence-electron chi connectivity index (χ0n) is 6.38. The summed E-state index contributed by atoms with van der Waals surface area (Å²) in [6.07, 6.45) is -2.93. The summed E-state index contributed by atoms with van der Waals surface area (Å²) in [6.45, 7) is 0. The minimum atomic E-state index is -2.93. The van der Waals surface area contributed by atoms with E-state index in [1.165, 1.54) is 0 Å². The molecule has 8 heteroatoms. The SMILES string of the molecule is O=[N+]([O-])c1cc(C(F)F)c(Cl)c(Cl)n1. The second-order valence-corrected chi connectivity index (χ2v) is 2.97. The van der Waals surface area contributed by atoms with Gasteiger partial charge in [0.25, 0.3) is 11.6 Å². The Hall–Kier alpha value is -1.01. The Labute approximate surface area is 86.6 Å². The molecule has 0 atom stereocenters. The Morgan fingerprint density at radius 1 is 1.50 bits per heavy atom. The quantitative estimate of drug-likeness (QED) is 0.455. The Bertz CT molecular complexity index is 386. The van der Waals surface area contributed by atoms with Gasteiger partial charge in [0, 0.05) is 6.07 Å². The lowest BCUT2D eigenvalue weighted by Gasteiger charge is -2.01. The number of hydrogen-bond acceptors (Lipinski definition) is 3. The van der Waals surface area contributed by atoms with Crippen LogP contribution in [-0.2, 0) is 0 Å². The van der Waals surface area contributed by atoms with Gasteiger partial charge < -0.3 is 10.1 Å². The lowest BCUT2D eigenvalue weighted by molar-refractivity contribution is -0.389. The van der Waals surface area contributed by atoms with Gasteiger partial charge in [0.05, 0.1) is 5.56 Å². The molecule has 0 aliphatic rings. The third-order valence-electron chi connectivity index (χ3n) is 1.35. The highest BCUT2D eigenvalue weighted by atomic mass is 35.5. The predicted octanol–water partition coefficient (Wildman–Crippen LogP) is 3.23. The van der Waals surface area contributed by atoms with Gasteiger partial charge in [-0.2, -0.15) is 0 Å². The van der Waals surface area contributed by atoms with Gasteiger partial charge >= 0.3 is 5.82 Å². The number of alkyl halides is 2. The maximum Gasteiger partial charge on any atom is 0.365 e. The summed E-state index contributed by atoms with van der Waals surface area (Å²) in [4.78, 5) is 12.5. The molecule has 1 aromatic heterocycles. The molecule has 0 fully saturated rings. The molecule has 14 heavy (non-hydrogen) atoms. The van der Waals surface area contributed by atoms with Crippen LogP contribution in [0.5, 0.6) is 0 Å². The molecule has 4 nitrogen and oxygen atoms in total. The van der Waals surface area contributed by atoms with Crippen molar-refractivity contribution in [1.29, 1.82) is 0 Å². The van der Waals surface area contributed by atoms with Gasteiger partial charge in [0.15, 0.2) is 0 Å². The van der Waals surface area contributed by atoms with Gasteiger partial charge in [-0.1, -0.05) is 11.6 Å². The normalized spacial score (nSPS) is 10.6. The first-order chi connectivity index (χ1) is 6.43. The van der Waals surface area contributed by atoms with Gasteiger partial charge in [-0.05, 0) is 21.5 Å². The van der Waals surface area contributed by atoms with Crippen LogP contribution in [-0.4, -0.2) is 9.91 Å². The minimum Gasteiger partial charge on any atom is -0.358 e. The molecule has 0 aliphatic heterocycles. The number of nitro groups is 1. The molecule has 0 saturated heterocycles. The second-order valence-electron chi connectivity index (χ2n) is 2.23.